The van der Waals surface area contributed by atoms with Gasteiger partial charge in [0, 0.05) is 18.7 Å². The highest BCUT2D eigenvalue weighted by Gasteiger charge is 2.13. The maximum atomic E-state index is 9.05. The number of nitrogens with one attached hydrogen (secondary N) is 2. The van der Waals surface area contributed by atoms with Crippen LogP contribution in [0.2, 0.25) is 0 Å². The van der Waals surface area contributed by atoms with E-state index in [1.165, 1.54) is 12.8 Å². The molecule has 0 aromatic heterocycles. The van der Waals surface area contributed by atoms with Crippen LogP contribution in [0.5, 0.6) is 5.75 Å². The summed E-state index contributed by atoms with van der Waals surface area (Å²) in [5.41, 5.74) is 1.52. The maximum absolute atomic E-state index is 9.05. The predicted octanol–water partition coefficient (Wildman–Crippen LogP) is 2.12. The third-order valence-electron chi connectivity index (χ3n) is 3.32. The highest BCUT2D eigenvalue weighted by atomic mass is 16.5. The Kier molecular flexibility index (Phi) is 4.43. The summed E-state index contributed by atoms with van der Waals surface area (Å²) in [6, 6.07) is 8.28. The molecule has 0 saturated carbocycles. The molecule has 1 aliphatic heterocycles. The quantitative estimate of drug-likeness (QED) is 0.834. The van der Waals surface area contributed by atoms with Crippen molar-refractivity contribution in [1.29, 1.82) is 5.26 Å². The van der Waals surface area contributed by atoms with Gasteiger partial charge in [0.05, 0.1) is 18.4 Å². The lowest BCUT2D eigenvalue weighted by Gasteiger charge is -2.13. The highest BCUT2D eigenvalue weighted by Crippen LogP contribution is 2.22. The van der Waals surface area contributed by atoms with Crippen molar-refractivity contribution in [2.75, 3.05) is 25.5 Å². The molecular weight excluding hydrogens is 226 g/mol. The Balaban J connectivity index is 1.92. The van der Waals surface area contributed by atoms with Gasteiger partial charge in [0.15, 0.2) is 0 Å². The van der Waals surface area contributed by atoms with Crippen LogP contribution in [-0.2, 0) is 0 Å². The average molecular weight is 245 g/mol. The largest absolute Gasteiger partial charge is 0.497 e. The van der Waals surface area contributed by atoms with Gasteiger partial charge in [-0.1, -0.05) is 0 Å². The lowest BCUT2D eigenvalue weighted by atomic mass is 10.1. The minimum absolute atomic E-state index is 0.619. The summed E-state index contributed by atoms with van der Waals surface area (Å²) in [6.07, 6.45) is 3.61. The van der Waals surface area contributed by atoms with Crippen molar-refractivity contribution >= 4 is 5.69 Å². The molecule has 1 saturated heterocycles. The van der Waals surface area contributed by atoms with E-state index in [0.29, 0.717) is 11.6 Å². The molecule has 4 nitrogen and oxygen atoms in total. The fraction of sp³-hybridized carbons (Fsp3) is 0.500. The zero-order chi connectivity index (χ0) is 12.8. The van der Waals surface area contributed by atoms with Gasteiger partial charge in [-0.15, -0.1) is 0 Å². The van der Waals surface area contributed by atoms with E-state index in [1.54, 1.807) is 13.2 Å². The number of benzene rings is 1. The highest BCUT2D eigenvalue weighted by molar-refractivity contribution is 5.60. The summed E-state index contributed by atoms with van der Waals surface area (Å²) >= 11 is 0. The van der Waals surface area contributed by atoms with Gasteiger partial charge in [0.2, 0.25) is 0 Å². The Morgan fingerprint density at radius 1 is 1.56 bits per heavy atom. The molecule has 1 heterocycles. The van der Waals surface area contributed by atoms with E-state index in [-0.39, 0.29) is 0 Å². The number of hydrogen-bond donors (Lipinski definition) is 2. The summed E-state index contributed by atoms with van der Waals surface area (Å²) in [5.74, 6) is 0.774. The molecule has 18 heavy (non-hydrogen) atoms. The van der Waals surface area contributed by atoms with Crippen LogP contribution in [0.15, 0.2) is 18.2 Å². The van der Waals surface area contributed by atoms with Crippen LogP contribution in [0.1, 0.15) is 24.8 Å². The summed E-state index contributed by atoms with van der Waals surface area (Å²) in [6.45, 7) is 2.01. The molecule has 1 atom stereocenters. The van der Waals surface area contributed by atoms with E-state index in [0.717, 1.165) is 30.9 Å². The first kappa shape index (κ1) is 12.7. The van der Waals surface area contributed by atoms with Gasteiger partial charge in [0.1, 0.15) is 11.8 Å². The molecule has 2 rings (SSSR count). The monoisotopic (exact) mass is 245 g/mol. The Morgan fingerprint density at radius 3 is 3.11 bits per heavy atom. The van der Waals surface area contributed by atoms with Crippen molar-refractivity contribution in [3.63, 3.8) is 0 Å². The van der Waals surface area contributed by atoms with Gasteiger partial charge in [0.25, 0.3) is 0 Å². The Hall–Kier alpha value is -1.73. The van der Waals surface area contributed by atoms with Crippen LogP contribution in [-0.4, -0.2) is 26.2 Å². The van der Waals surface area contributed by atoms with Crippen LogP contribution in [0, 0.1) is 11.3 Å². The summed E-state index contributed by atoms with van der Waals surface area (Å²) in [4.78, 5) is 0. The standard InChI is InChI=1S/C14H19N3O/c1-18-13-5-4-11(10-15)14(9-13)17-8-6-12-3-2-7-16-12/h4-5,9,12,16-17H,2-3,6-8H2,1H3/t12-/m1/s1. The molecule has 0 aliphatic carbocycles. The first-order chi connectivity index (χ1) is 8.83. The number of hydrogen-bond acceptors (Lipinski definition) is 4. The zero-order valence-corrected chi connectivity index (χ0v) is 10.7. The Bertz CT molecular complexity index is 433. The first-order valence-electron chi connectivity index (χ1n) is 6.39. The van der Waals surface area contributed by atoms with Crippen molar-refractivity contribution in [3.8, 4) is 11.8 Å². The van der Waals surface area contributed by atoms with Crippen molar-refractivity contribution in [2.45, 2.75) is 25.3 Å². The number of anilines is 1. The molecule has 0 unspecified atom stereocenters. The Labute approximate surface area is 108 Å². The van der Waals surface area contributed by atoms with Crippen molar-refractivity contribution in [2.24, 2.45) is 0 Å². The van der Waals surface area contributed by atoms with Gasteiger partial charge in [-0.05, 0) is 37.9 Å². The maximum Gasteiger partial charge on any atom is 0.121 e. The van der Waals surface area contributed by atoms with Crippen molar-refractivity contribution in [1.82, 2.24) is 5.32 Å². The Morgan fingerprint density at radius 2 is 2.44 bits per heavy atom. The topological polar surface area (TPSA) is 57.1 Å². The van der Waals surface area contributed by atoms with Gasteiger partial charge in [-0.3, -0.25) is 0 Å². The number of rotatable bonds is 5. The van der Waals surface area contributed by atoms with E-state index < -0.39 is 0 Å². The lowest BCUT2D eigenvalue weighted by Crippen LogP contribution is -2.24. The van der Waals surface area contributed by atoms with E-state index in [4.69, 9.17) is 10.00 Å². The predicted molar refractivity (Wildman–Crippen MR) is 71.8 cm³/mol. The van der Waals surface area contributed by atoms with Crippen molar-refractivity contribution in [3.05, 3.63) is 23.8 Å². The number of ether oxygens (including phenoxy) is 1. The first-order valence-corrected chi connectivity index (χ1v) is 6.39. The number of methoxy groups -OCH3 is 1. The molecule has 1 aromatic carbocycles. The molecule has 1 aliphatic rings. The number of nitrogens with zero attached hydrogens (tertiary/aromatic N) is 1. The van der Waals surface area contributed by atoms with E-state index in [2.05, 4.69) is 16.7 Å². The fourth-order valence-electron chi connectivity index (χ4n) is 2.28. The van der Waals surface area contributed by atoms with Gasteiger partial charge >= 0.3 is 0 Å². The van der Waals surface area contributed by atoms with Crippen LogP contribution in [0.4, 0.5) is 5.69 Å². The molecule has 0 spiro atoms. The van der Waals surface area contributed by atoms with Gasteiger partial charge < -0.3 is 15.4 Å². The van der Waals surface area contributed by atoms with E-state index in [9.17, 15) is 0 Å². The molecule has 0 bridgehead atoms. The smallest absolute Gasteiger partial charge is 0.121 e. The van der Waals surface area contributed by atoms with Gasteiger partial charge in [-0.2, -0.15) is 5.26 Å². The summed E-state index contributed by atoms with van der Waals surface area (Å²) < 4.78 is 5.17. The molecule has 1 aromatic rings. The minimum atomic E-state index is 0.619. The lowest BCUT2D eigenvalue weighted by molar-refractivity contribution is 0.415. The number of nitriles is 1. The summed E-state index contributed by atoms with van der Waals surface area (Å²) in [7, 11) is 1.63. The SMILES string of the molecule is COc1ccc(C#N)c(NCC[C@H]2CCCN2)c1. The van der Waals surface area contributed by atoms with Crippen molar-refractivity contribution < 1.29 is 4.74 Å². The molecule has 0 amide bonds. The molecule has 96 valence electrons. The van der Waals surface area contributed by atoms with Crippen LogP contribution in [0.25, 0.3) is 0 Å². The third kappa shape index (κ3) is 3.14. The van der Waals surface area contributed by atoms with Crippen LogP contribution >= 0.6 is 0 Å². The molecule has 0 radical (unpaired) electrons. The van der Waals surface area contributed by atoms with E-state index in [1.807, 2.05) is 12.1 Å². The average Bonchev–Trinajstić information content (AvgIpc) is 2.92. The van der Waals surface area contributed by atoms with Crippen LogP contribution in [0.3, 0.4) is 0 Å². The zero-order valence-electron chi connectivity index (χ0n) is 10.7. The second kappa shape index (κ2) is 6.27. The normalized spacial score (nSPS) is 18.3. The second-order valence-corrected chi connectivity index (χ2v) is 4.53. The summed E-state index contributed by atoms with van der Waals surface area (Å²) in [5, 5.41) is 15.8. The molecular formula is C14H19N3O. The van der Waals surface area contributed by atoms with Crippen LogP contribution < -0.4 is 15.4 Å². The fourth-order valence-corrected chi connectivity index (χ4v) is 2.28. The molecule has 1 fully saturated rings. The second-order valence-electron chi connectivity index (χ2n) is 4.53. The molecule has 4 heteroatoms. The third-order valence-corrected chi connectivity index (χ3v) is 3.32. The molecule has 2 N–H and O–H groups in total. The van der Waals surface area contributed by atoms with Gasteiger partial charge in [-0.25, -0.2) is 0 Å². The van der Waals surface area contributed by atoms with E-state index >= 15 is 0 Å². The minimum Gasteiger partial charge on any atom is -0.497 e.